The van der Waals surface area contributed by atoms with Gasteiger partial charge in [0.05, 0.1) is 37.6 Å². The van der Waals surface area contributed by atoms with Gasteiger partial charge in [0.2, 0.25) is 0 Å². The molecule has 9 heteroatoms. The summed E-state index contributed by atoms with van der Waals surface area (Å²) in [4.78, 5) is 20.6. The second-order valence-electron chi connectivity index (χ2n) is 16.6. The predicted octanol–water partition coefficient (Wildman–Crippen LogP) is 9.95. The van der Waals surface area contributed by atoms with E-state index in [2.05, 4.69) is 38.1 Å². The van der Waals surface area contributed by atoms with Crippen molar-refractivity contribution < 1.29 is 39.5 Å². The maximum atomic E-state index is 10.3. The van der Waals surface area contributed by atoms with E-state index in [1.807, 2.05) is 36.4 Å². The van der Waals surface area contributed by atoms with E-state index in [0.29, 0.717) is 13.2 Å². The Bertz CT molecular complexity index is 1110. The second-order valence-corrected chi connectivity index (χ2v) is 16.6. The van der Waals surface area contributed by atoms with Crippen LogP contribution in [-0.4, -0.2) is 95.4 Å². The second kappa shape index (κ2) is 42.1. The van der Waals surface area contributed by atoms with Crippen molar-refractivity contribution in [1.82, 2.24) is 0 Å². The third-order valence-electron chi connectivity index (χ3n) is 10.9. The van der Waals surface area contributed by atoms with Crippen molar-refractivity contribution in [3.8, 4) is 0 Å². The molecule has 332 valence electrons. The van der Waals surface area contributed by atoms with Gasteiger partial charge in [-0.3, -0.25) is 0 Å². The number of carboxylic acid groups (broad SMARTS) is 2. The van der Waals surface area contributed by atoms with Gasteiger partial charge >= 0.3 is 48.9 Å². The summed E-state index contributed by atoms with van der Waals surface area (Å²) in [5.41, 5.74) is 2.44. The summed E-state index contributed by atoms with van der Waals surface area (Å²) in [5, 5.41) is 40.8. The molecule has 0 fully saturated rings. The Morgan fingerprint density at radius 1 is 0.441 bits per heavy atom. The van der Waals surface area contributed by atoms with Gasteiger partial charge in [-0.2, -0.15) is 0 Å². The van der Waals surface area contributed by atoms with E-state index < -0.39 is 11.9 Å². The third-order valence-corrected chi connectivity index (χ3v) is 10.9. The first-order valence-electron chi connectivity index (χ1n) is 23.2. The van der Waals surface area contributed by atoms with Gasteiger partial charge in [0, 0.05) is 11.9 Å². The van der Waals surface area contributed by atoms with E-state index in [-0.39, 0.29) is 86.1 Å². The summed E-state index contributed by atoms with van der Waals surface area (Å²) in [5.74, 6) is -1.88. The average molecular weight is 949 g/mol. The van der Waals surface area contributed by atoms with Gasteiger partial charge in [-0.25, -0.2) is 0 Å². The van der Waals surface area contributed by atoms with Crippen LogP contribution >= 0.6 is 0 Å². The molecule has 0 amide bonds. The molecule has 4 unspecified atom stereocenters. The Labute approximate surface area is 400 Å². The Kier molecular flexibility index (Phi) is 41.2. The summed E-state index contributed by atoms with van der Waals surface area (Å²) in [6.07, 6.45) is 28.0. The molecule has 0 aliphatic rings. The van der Waals surface area contributed by atoms with Crippen molar-refractivity contribution in [3.63, 3.8) is 0 Å². The van der Waals surface area contributed by atoms with Crippen molar-refractivity contribution in [2.75, 3.05) is 0 Å². The minimum atomic E-state index is -0.940. The molecule has 0 saturated carbocycles. The van der Waals surface area contributed by atoms with Crippen LogP contribution in [-0.2, 0) is 32.3 Å². The Balaban J connectivity index is 0.00000112. The quantitative estimate of drug-likeness (QED) is 0.0501. The number of carboxylic acids is 2. The Hall–Kier alpha value is -1.21. The van der Waals surface area contributed by atoms with E-state index >= 15 is 0 Å². The molecular formula is C50H82BaO8. The normalized spacial score (nSPS) is 13.1. The van der Waals surface area contributed by atoms with E-state index in [1.165, 1.54) is 24.0 Å². The minimum Gasteiger partial charge on any atom is -0.550 e. The molecule has 2 N–H and O–H groups in total. The fraction of sp³-hybridized carbons (Fsp3) is 0.720. The molecule has 8 nitrogen and oxygen atoms in total. The molecule has 0 saturated heterocycles. The topological polar surface area (TPSA) is 139 Å². The molecule has 0 bridgehead atoms. The van der Waals surface area contributed by atoms with Crippen molar-refractivity contribution >= 4 is 60.8 Å². The van der Waals surface area contributed by atoms with Crippen molar-refractivity contribution in [3.05, 3.63) is 71.8 Å². The Morgan fingerprint density at radius 3 is 1.00 bits per heavy atom. The molecule has 2 rings (SSSR count). The maximum Gasteiger partial charge on any atom is 2.00 e. The fourth-order valence-electron chi connectivity index (χ4n) is 7.12. The van der Waals surface area contributed by atoms with Crippen LogP contribution in [0.4, 0.5) is 0 Å². The molecule has 0 spiro atoms. The van der Waals surface area contributed by atoms with Crippen LogP contribution in [0.3, 0.4) is 0 Å². The maximum absolute atomic E-state index is 10.3. The van der Waals surface area contributed by atoms with Crippen LogP contribution in [0.5, 0.6) is 0 Å². The van der Waals surface area contributed by atoms with E-state index in [1.54, 1.807) is 0 Å². The Morgan fingerprint density at radius 2 is 0.695 bits per heavy atom. The molecule has 0 heterocycles. The number of aliphatic hydroxyl groups excluding tert-OH is 2. The van der Waals surface area contributed by atoms with Gasteiger partial charge in [-0.05, 0) is 89.2 Å². The monoisotopic (exact) mass is 949 g/mol. The number of benzene rings is 2. The first-order valence-corrected chi connectivity index (χ1v) is 23.2. The number of hydrogen-bond donors (Lipinski definition) is 2. The summed E-state index contributed by atoms with van der Waals surface area (Å²) >= 11 is 0. The molecule has 59 heavy (non-hydrogen) atoms. The van der Waals surface area contributed by atoms with Gasteiger partial charge < -0.3 is 39.5 Å². The van der Waals surface area contributed by atoms with Crippen LogP contribution in [0.15, 0.2) is 60.7 Å². The summed E-state index contributed by atoms with van der Waals surface area (Å²) < 4.78 is 11.8. The number of rotatable bonds is 38. The molecule has 0 aromatic heterocycles. The van der Waals surface area contributed by atoms with Gasteiger partial charge in [-0.15, -0.1) is 0 Å². The zero-order valence-corrected chi connectivity index (χ0v) is 41.8. The molecule has 0 aliphatic heterocycles. The zero-order valence-electron chi connectivity index (χ0n) is 37.3. The third kappa shape index (κ3) is 40.6. The molecule has 0 aliphatic carbocycles. The zero-order chi connectivity index (χ0) is 42.3. The summed E-state index contributed by atoms with van der Waals surface area (Å²) in [7, 11) is 0. The van der Waals surface area contributed by atoms with Crippen LogP contribution in [0.1, 0.15) is 205 Å². The number of aliphatic carboxylic acids is 2. The fourth-order valence-corrected chi connectivity index (χ4v) is 7.12. The van der Waals surface area contributed by atoms with Crippen LogP contribution < -0.4 is 10.2 Å². The number of unbranched alkanes of at least 4 members (excludes halogenated alkanes) is 16. The standard InChI is InChI=1S/2C25H42O4.Ba/c2*1-22(29-21-23-16-10-8-11-17-23)15-9-7-13-19-24(26)18-12-5-3-2-4-6-14-20-25(27)28;/h2*8,10-11,16-17,22,24,26H,2-7,9,12-15,18-21H2,1H3,(H,27,28);/q;;+2/p-2. The first kappa shape index (κ1) is 57.8. The van der Waals surface area contributed by atoms with Gasteiger partial charge in [0.15, 0.2) is 0 Å². The molecule has 2 aromatic rings. The van der Waals surface area contributed by atoms with Crippen molar-refractivity contribution in [1.29, 1.82) is 0 Å². The van der Waals surface area contributed by atoms with E-state index in [9.17, 15) is 30.0 Å². The van der Waals surface area contributed by atoms with E-state index in [4.69, 9.17) is 9.47 Å². The average Bonchev–Trinajstić information content (AvgIpc) is 3.21. The van der Waals surface area contributed by atoms with Gasteiger partial charge in [-0.1, -0.05) is 176 Å². The SMILES string of the molecule is CC(CCCCCC(O)CCCCCCCCCC(=O)[O-])OCc1ccccc1.CC(CCCCCC(O)CCCCCCCCCC(=O)[O-])OCc1ccccc1.[Ba+2]. The van der Waals surface area contributed by atoms with Gasteiger partial charge in [0.1, 0.15) is 0 Å². The largest absolute Gasteiger partial charge is 2.00 e. The summed E-state index contributed by atoms with van der Waals surface area (Å²) in [6, 6.07) is 20.6. The smallest absolute Gasteiger partial charge is 0.550 e. The molecular weight excluding hydrogens is 866 g/mol. The molecule has 2 aromatic carbocycles. The first-order chi connectivity index (χ1) is 28.2. The van der Waals surface area contributed by atoms with Gasteiger partial charge in [0.25, 0.3) is 0 Å². The number of hydrogen-bond acceptors (Lipinski definition) is 8. The number of ether oxygens (including phenoxy) is 2. The van der Waals surface area contributed by atoms with Crippen LogP contribution in [0.25, 0.3) is 0 Å². The van der Waals surface area contributed by atoms with E-state index in [0.717, 1.165) is 154 Å². The molecule has 0 radical (unpaired) electrons. The summed E-state index contributed by atoms with van der Waals surface area (Å²) in [6.45, 7) is 5.64. The van der Waals surface area contributed by atoms with Crippen molar-refractivity contribution in [2.24, 2.45) is 0 Å². The number of carbonyl (C=O) groups is 2. The van der Waals surface area contributed by atoms with Crippen molar-refractivity contribution in [2.45, 2.75) is 231 Å². The van der Waals surface area contributed by atoms with Crippen LogP contribution in [0.2, 0.25) is 0 Å². The number of aliphatic hydroxyl groups is 2. The van der Waals surface area contributed by atoms with Crippen LogP contribution in [0, 0.1) is 0 Å². The number of carbonyl (C=O) groups excluding carboxylic acids is 2. The predicted molar refractivity (Wildman–Crippen MR) is 238 cm³/mol. The molecule has 4 atom stereocenters. The minimum absolute atomic E-state index is 0.